The fourth-order valence-corrected chi connectivity index (χ4v) is 14.2. The summed E-state index contributed by atoms with van der Waals surface area (Å²) in [6.07, 6.45) is 5.38. The van der Waals surface area contributed by atoms with Gasteiger partial charge in [-0.1, -0.05) is 157 Å². The summed E-state index contributed by atoms with van der Waals surface area (Å²) in [6.45, 7) is 17.0. The Balaban J connectivity index is 0.000000143. The van der Waals surface area contributed by atoms with Gasteiger partial charge in [-0.3, -0.25) is 0 Å². The molecule has 12 nitrogen and oxygen atoms in total. The van der Waals surface area contributed by atoms with Crippen molar-refractivity contribution in [1.29, 1.82) is 0 Å². The molecule has 0 fully saturated rings. The molecule has 0 aliphatic rings. The summed E-state index contributed by atoms with van der Waals surface area (Å²) in [5.41, 5.74) is 21.8. The van der Waals surface area contributed by atoms with E-state index >= 15 is 0 Å². The molecule has 0 spiro atoms. The van der Waals surface area contributed by atoms with Crippen LogP contribution in [0.1, 0.15) is 63.8 Å². The summed E-state index contributed by atoms with van der Waals surface area (Å²) in [5, 5.41) is 39.2. The maximum absolute atomic E-state index is 11.6. The Kier molecular flexibility index (Phi) is 22.0. The van der Waals surface area contributed by atoms with Crippen molar-refractivity contribution >= 4 is 65.8 Å². The summed E-state index contributed by atoms with van der Waals surface area (Å²) < 4.78 is 6.43. The van der Waals surface area contributed by atoms with E-state index < -0.39 is 0 Å². The van der Waals surface area contributed by atoms with Gasteiger partial charge in [0.2, 0.25) is 0 Å². The fourth-order valence-electron chi connectivity index (χ4n) is 14.2. The third-order valence-electron chi connectivity index (χ3n) is 19.4. The van der Waals surface area contributed by atoms with Crippen LogP contribution in [0.2, 0.25) is 0 Å². The number of para-hydroxylation sites is 4. The minimum atomic E-state index is -0.222. The largest absolute Gasteiger partial charge is 0.507 e. The third kappa shape index (κ3) is 14.9. The predicted octanol–water partition coefficient (Wildman–Crippen LogP) is 22.4. The van der Waals surface area contributed by atoms with E-state index in [9.17, 15) is 15.3 Å². The number of aromatic nitrogens is 9. The van der Waals surface area contributed by atoms with Gasteiger partial charge in [0.25, 0.3) is 0 Å². The first-order valence-electron chi connectivity index (χ1n) is 35.4. The summed E-state index contributed by atoms with van der Waals surface area (Å²) in [6, 6.07) is 99.3. The molecule has 546 valence electrons. The van der Waals surface area contributed by atoms with Gasteiger partial charge in [-0.25, -0.2) is 15.0 Å². The van der Waals surface area contributed by atoms with Crippen LogP contribution in [0.5, 0.6) is 17.2 Å². The second kappa shape index (κ2) is 31.5. The van der Waals surface area contributed by atoms with Gasteiger partial charge in [0, 0.05) is 136 Å². The molecule has 0 radical (unpaired) electrons. The zero-order valence-corrected chi connectivity index (χ0v) is 67.8. The number of hydrogen-bond donors (Lipinski definition) is 3. The number of rotatable bonds is 9. The number of fused-ring (bicyclic) bond motifs is 9. The second-order valence-electron chi connectivity index (χ2n) is 28.7. The molecule has 18 aromatic rings. The van der Waals surface area contributed by atoms with Crippen molar-refractivity contribution in [3.8, 4) is 102 Å². The van der Waals surface area contributed by atoms with Crippen LogP contribution < -0.4 is 0 Å². The van der Waals surface area contributed by atoms with E-state index in [0.29, 0.717) is 11.3 Å². The Morgan fingerprint density at radius 3 is 1.06 bits per heavy atom. The van der Waals surface area contributed by atoms with Gasteiger partial charge >= 0.3 is 0 Å². The van der Waals surface area contributed by atoms with E-state index in [1.165, 1.54) is 5.56 Å². The summed E-state index contributed by atoms with van der Waals surface area (Å²) in [7, 11) is 0. The van der Waals surface area contributed by atoms with Crippen LogP contribution >= 0.6 is 0 Å². The van der Waals surface area contributed by atoms with Crippen molar-refractivity contribution < 1.29 is 78.5 Å². The Labute approximate surface area is 676 Å². The molecule has 0 aliphatic heterocycles. The molecule has 0 unspecified atom stereocenters. The van der Waals surface area contributed by atoms with Crippen molar-refractivity contribution in [2.75, 3.05) is 0 Å². The monoisotopic (exact) mass is 1960 g/mol. The van der Waals surface area contributed by atoms with Gasteiger partial charge in [-0.05, 0) is 173 Å². The molecule has 109 heavy (non-hydrogen) atoms. The van der Waals surface area contributed by atoms with Crippen LogP contribution in [0.4, 0.5) is 0 Å². The van der Waals surface area contributed by atoms with Crippen molar-refractivity contribution in [2.45, 2.75) is 66.2 Å². The number of phenolic OH excluding ortho intramolecular Hbond substituents is 3. The zero-order chi connectivity index (χ0) is 73.0. The maximum atomic E-state index is 11.6. The molecule has 9 aromatic heterocycles. The first kappa shape index (κ1) is 76.0. The Morgan fingerprint density at radius 2 is 0.679 bits per heavy atom. The minimum absolute atomic E-state index is 0. The number of aromatic hydroxyl groups is 3. The van der Waals surface area contributed by atoms with Crippen LogP contribution in [-0.4, -0.2) is 58.9 Å². The van der Waals surface area contributed by atoms with Gasteiger partial charge in [0.1, 0.15) is 34.2 Å². The molecular formula is C94H74N9O3Pt3-3. The molecule has 0 saturated heterocycles. The molecule has 3 N–H and O–H groups in total. The summed E-state index contributed by atoms with van der Waals surface area (Å²) in [4.78, 5) is 28.8. The van der Waals surface area contributed by atoms with E-state index in [2.05, 4.69) is 173 Å². The van der Waals surface area contributed by atoms with Crippen LogP contribution in [0, 0.1) is 32.0 Å². The molecule has 0 saturated carbocycles. The van der Waals surface area contributed by atoms with E-state index in [1.54, 1.807) is 24.7 Å². The van der Waals surface area contributed by atoms with Gasteiger partial charge in [0.05, 0.1) is 33.6 Å². The smallest absolute Gasteiger partial charge is 0.144 e. The molecule has 0 bridgehead atoms. The van der Waals surface area contributed by atoms with E-state index in [0.717, 1.165) is 162 Å². The van der Waals surface area contributed by atoms with Crippen LogP contribution in [0.3, 0.4) is 0 Å². The number of benzene rings is 9. The number of nitrogens with zero attached hydrogens (tertiary/aromatic N) is 9. The van der Waals surface area contributed by atoms with Crippen molar-refractivity contribution in [2.24, 2.45) is 0 Å². The number of aryl methyl sites for hydroxylation is 2. The summed E-state index contributed by atoms with van der Waals surface area (Å²) in [5.74, 6) is 0.772. The summed E-state index contributed by atoms with van der Waals surface area (Å²) >= 11 is 0. The van der Waals surface area contributed by atoms with Crippen molar-refractivity contribution in [3.05, 3.63) is 326 Å². The van der Waals surface area contributed by atoms with Crippen LogP contribution in [0.15, 0.2) is 286 Å². The fraction of sp³-hybridized carbons (Fsp3) is 0.106. The number of phenols is 3. The Hall–Kier alpha value is -11.3. The molecule has 0 amide bonds. The van der Waals surface area contributed by atoms with Crippen LogP contribution in [-0.2, 0) is 74.0 Å². The minimum Gasteiger partial charge on any atom is -0.507 e. The van der Waals surface area contributed by atoms with Crippen molar-refractivity contribution in [1.82, 2.24) is 43.6 Å². The van der Waals surface area contributed by atoms with Crippen molar-refractivity contribution in [3.63, 3.8) is 0 Å². The zero-order valence-electron chi connectivity index (χ0n) is 61.0. The molecule has 9 aromatic carbocycles. The number of pyridine rings is 6. The molecule has 9 heterocycles. The van der Waals surface area contributed by atoms with E-state index in [4.69, 9.17) is 15.0 Å². The third-order valence-corrected chi connectivity index (χ3v) is 19.4. The molecular weight excluding hydrogens is 1890 g/mol. The molecule has 0 aliphatic carbocycles. The Bertz CT molecular complexity index is 6380. The molecule has 15 heteroatoms. The average Bonchev–Trinajstić information content (AvgIpc) is 1.46. The standard InChI is InChI=1S/C36H34N3O.C30H22N3O.C28H18N3O.3Pt/c1-35(2,3)24-21-28(33(40)29(22-24)36(4,5)6)31-18-17-27-26-14-7-8-16-32(26)39(34(27)38-31)25-13-11-12-23(20-25)30-15-9-10-19-37-30;1-19-16-20(2)29(34)25(17-19)27-14-13-24-23-10-3-4-12-28(23)33(30(24)32-27)22-9-7-8-21(18-22)26-11-5-6-15-31-26;32-27-14-4-2-11-23(27)25-16-15-22-21-10-1-3-13-26(21)31(28(22)30-25)20-9-7-8-19(18-20)24-12-5-6-17-29-24;;;/h7-19,21-22,40H,1-6H3;3-17,34H,1-2H3;1-17,32H;;;/q3*-1;;;. The van der Waals surface area contributed by atoms with Gasteiger partial charge in [-0.15, -0.1) is 89.5 Å². The average molecular weight is 1960 g/mol. The predicted molar refractivity (Wildman–Crippen MR) is 430 cm³/mol. The van der Waals surface area contributed by atoms with Gasteiger partial charge < -0.3 is 44.0 Å². The van der Waals surface area contributed by atoms with E-state index in [1.807, 2.05) is 190 Å². The quantitative estimate of drug-likeness (QED) is 0.120. The first-order chi connectivity index (χ1) is 51.4. The molecule has 18 rings (SSSR count). The van der Waals surface area contributed by atoms with Gasteiger partial charge in [-0.2, -0.15) is 0 Å². The van der Waals surface area contributed by atoms with Crippen LogP contribution in [0.25, 0.3) is 150 Å². The number of hydrogen-bond acceptors (Lipinski definition) is 9. The second-order valence-corrected chi connectivity index (χ2v) is 28.7. The maximum Gasteiger partial charge on any atom is 0.144 e. The Morgan fingerprint density at radius 1 is 0.312 bits per heavy atom. The van der Waals surface area contributed by atoms with Gasteiger partial charge in [0.15, 0.2) is 0 Å². The molecule has 0 atom stereocenters. The van der Waals surface area contributed by atoms with E-state index in [-0.39, 0.29) is 85.5 Å². The first-order valence-corrected chi connectivity index (χ1v) is 35.4. The SMILES string of the molecule is CC(C)(C)c1cc(-c2ccc3c4ccccc4n(-c4[c-]c(-c5ccccn5)ccc4)c3n2)c(O)c(C(C)(C)C)c1.Cc1cc(C)c(O)c(-c2ccc3c4ccccc4n(-c4[c-]c(-c5ccccn5)ccc4)c3n2)c1.Oc1ccccc1-c1ccc2c3ccccc3n(-c3[c-]c(-c4ccccn4)ccc3)c2n1.[Pt].[Pt].[Pt]. The topological polar surface area (TPSA) is 153 Å². The normalized spacial score (nSPS) is 11.4.